The van der Waals surface area contributed by atoms with Gasteiger partial charge in [0, 0.05) is 20.2 Å². The van der Waals surface area contributed by atoms with Crippen LogP contribution < -0.4 is 11.1 Å². The van der Waals surface area contributed by atoms with E-state index in [4.69, 9.17) is 10.5 Å². The molecule has 1 amide bonds. The second-order valence-electron chi connectivity index (χ2n) is 3.23. The Kier molecular flexibility index (Phi) is 3.05. The lowest BCUT2D eigenvalue weighted by molar-refractivity contribution is -0.126. The molecule has 0 aromatic carbocycles. The number of hydrogen-bond acceptors (Lipinski definition) is 3. The molecule has 1 aliphatic rings. The Hall–Kier alpha value is -0.610. The van der Waals surface area contributed by atoms with Gasteiger partial charge in [-0.05, 0) is 12.8 Å². The Morgan fingerprint density at radius 2 is 2.33 bits per heavy atom. The largest absolute Gasteiger partial charge is 0.383 e. The SMILES string of the molecule is COCCNC(=O)C1(CN)CC1. The van der Waals surface area contributed by atoms with Crippen LogP contribution in [0.2, 0.25) is 0 Å². The molecule has 1 aliphatic carbocycles. The van der Waals surface area contributed by atoms with Gasteiger partial charge in [-0.25, -0.2) is 0 Å². The van der Waals surface area contributed by atoms with E-state index >= 15 is 0 Å². The minimum Gasteiger partial charge on any atom is -0.383 e. The van der Waals surface area contributed by atoms with Crippen molar-refractivity contribution >= 4 is 5.91 Å². The first kappa shape index (κ1) is 9.48. The van der Waals surface area contributed by atoms with Crippen molar-refractivity contribution in [3.8, 4) is 0 Å². The van der Waals surface area contributed by atoms with E-state index in [0.717, 1.165) is 12.8 Å². The molecule has 0 radical (unpaired) electrons. The highest BCUT2D eigenvalue weighted by Crippen LogP contribution is 2.44. The van der Waals surface area contributed by atoms with Crippen molar-refractivity contribution in [3.05, 3.63) is 0 Å². The number of nitrogens with one attached hydrogen (secondary N) is 1. The van der Waals surface area contributed by atoms with Gasteiger partial charge in [0.25, 0.3) is 0 Å². The van der Waals surface area contributed by atoms with Crippen LogP contribution in [-0.4, -0.2) is 32.7 Å². The predicted octanol–water partition coefficient (Wildman–Crippen LogP) is -0.512. The molecule has 12 heavy (non-hydrogen) atoms. The molecular formula is C8H16N2O2. The van der Waals surface area contributed by atoms with Gasteiger partial charge in [-0.3, -0.25) is 4.79 Å². The van der Waals surface area contributed by atoms with Crippen LogP contribution in [0.1, 0.15) is 12.8 Å². The molecule has 0 saturated heterocycles. The Morgan fingerprint density at radius 3 is 2.75 bits per heavy atom. The normalized spacial score (nSPS) is 18.8. The molecule has 4 nitrogen and oxygen atoms in total. The van der Waals surface area contributed by atoms with Crippen LogP contribution >= 0.6 is 0 Å². The molecule has 1 fully saturated rings. The zero-order chi connectivity index (χ0) is 9.03. The Labute approximate surface area is 72.5 Å². The molecule has 0 aromatic heterocycles. The smallest absolute Gasteiger partial charge is 0.227 e. The van der Waals surface area contributed by atoms with Crippen LogP contribution in [0.15, 0.2) is 0 Å². The monoisotopic (exact) mass is 172 g/mol. The van der Waals surface area contributed by atoms with Gasteiger partial charge >= 0.3 is 0 Å². The highest BCUT2D eigenvalue weighted by atomic mass is 16.5. The second-order valence-corrected chi connectivity index (χ2v) is 3.23. The number of carbonyl (C=O) groups is 1. The molecule has 0 bridgehead atoms. The first-order valence-electron chi connectivity index (χ1n) is 4.22. The first-order chi connectivity index (χ1) is 5.75. The van der Waals surface area contributed by atoms with Gasteiger partial charge in [-0.2, -0.15) is 0 Å². The third-order valence-corrected chi connectivity index (χ3v) is 2.32. The number of carbonyl (C=O) groups excluding carboxylic acids is 1. The minimum absolute atomic E-state index is 0.0852. The van der Waals surface area contributed by atoms with Crippen LogP contribution in [0.3, 0.4) is 0 Å². The topological polar surface area (TPSA) is 64.3 Å². The third kappa shape index (κ3) is 1.95. The molecule has 0 unspecified atom stereocenters. The Balaban J connectivity index is 2.20. The van der Waals surface area contributed by atoms with E-state index in [1.54, 1.807) is 7.11 Å². The lowest BCUT2D eigenvalue weighted by Gasteiger charge is -2.11. The van der Waals surface area contributed by atoms with E-state index in [2.05, 4.69) is 5.32 Å². The van der Waals surface area contributed by atoms with Gasteiger partial charge in [0.15, 0.2) is 0 Å². The van der Waals surface area contributed by atoms with E-state index in [0.29, 0.717) is 19.7 Å². The van der Waals surface area contributed by atoms with Crippen molar-refractivity contribution in [1.82, 2.24) is 5.32 Å². The minimum atomic E-state index is -0.228. The molecule has 0 spiro atoms. The quantitative estimate of drug-likeness (QED) is 0.549. The molecule has 70 valence electrons. The van der Waals surface area contributed by atoms with Crippen LogP contribution in [0.4, 0.5) is 0 Å². The fourth-order valence-corrected chi connectivity index (χ4v) is 1.13. The number of hydrogen-bond donors (Lipinski definition) is 2. The van der Waals surface area contributed by atoms with Gasteiger partial charge in [0.05, 0.1) is 12.0 Å². The summed E-state index contributed by atoms with van der Waals surface area (Å²) in [7, 11) is 1.61. The summed E-state index contributed by atoms with van der Waals surface area (Å²) in [5, 5.41) is 2.79. The average Bonchev–Trinajstić information content (AvgIpc) is 2.85. The maximum atomic E-state index is 11.4. The van der Waals surface area contributed by atoms with Crippen LogP contribution in [0.5, 0.6) is 0 Å². The molecule has 0 heterocycles. The first-order valence-corrected chi connectivity index (χ1v) is 4.22. The molecule has 1 rings (SSSR count). The van der Waals surface area contributed by atoms with Crippen LogP contribution in [0, 0.1) is 5.41 Å². The second kappa shape index (κ2) is 3.87. The van der Waals surface area contributed by atoms with Crippen molar-refractivity contribution in [1.29, 1.82) is 0 Å². The number of rotatable bonds is 5. The molecule has 4 heteroatoms. The Bertz CT molecular complexity index is 166. The standard InChI is InChI=1S/C8H16N2O2/c1-12-5-4-10-7(11)8(6-9)2-3-8/h2-6,9H2,1H3,(H,10,11). The summed E-state index contributed by atoms with van der Waals surface area (Å²) in [6, 6.07) is 0. The van der Waals surface area contributed by atoms with Crippen molar-refractivity contribution in [3.63, 3.8) is 0 Å². The van der Waals surface area contributed by atoms with E-state index in [1.807, 2.05) is 0 Å². The molecule has 3 N–H and O–H groups in total. The predicted molar refractivity (Wildman–Crippen MR) is 45.6 cm³/mol. The maximum Gasteiger partial charge on any atom is 0.227 e. The lowest BCUT2D eigenvalue weighted by atomic mass is 10.1. The van der Waals surface area contributed by atoms with Gasteiger partial charge in [0.2, 0.25) is 5.91 Å². The van der Waals surface area contributed by atoms with Gasteiger partial charge in [-0.1, -0.05) is 0 Å². The number of methoxy groups -OCH3 is 1. The summed E-state index contributed by atoms with van der Waals surface area (Å²) in [6.07, 6.45) is 1.87. The van der Waals surface area contributed by atoms with Crippen molar-refractivity contribution < 1.29 is 9.53 Å². The zero-order valence-electron chi connectivity index (χ0n) is 7.43. The Morgan fingerprint density at radius 1 is 1.67 bits per heavy atom. The lowest BCUT2D eigenvalue weighted by Crippen LogP contribution is -2.38. The number of ether oxygens (including phenoxy) is 1. The summed E-state index contributed by atoms with van der Waals surface area (Å²) in [5.74, 6) is 0.0852. The van der Waals surface area contributed by atoms with E-state index < -0.39 is 0 Å². The van der Waals surface area contributed by atoms with Crippen LogP contribution in [0.25, 0.3) is 0 Å². The fourth-order valence-electron chi connectivity index (χ4n) is 1.13. The van der Waals surface area contributed by atoms with Crippen molar-refractivity contribution in [2.45, 2.75) is 12.8 Å². The summed E-state index contributed by atoms with van der Waals surface area (Å²) in [4.78, 5) is 11.4. The summed E-state index contributed by atoms with van der Waals surface area (Å²) in [6.45, 7) is 1.61. The van der Waals surface area contributed by atoms with Gasteiger partial charge < -0.3 is 15.8 Å². The number of nitrogens with two attached hydrogens (primary N) is 1. The van der Waals surface area contributed by atoms with E-state index in [9.17, 15) is 4.79 Å². The average molecular weight is 172 g/mol. The van der Waals surface area contributed by atoms with E-state index in [-0.39, 0.29) is 11.3 Å². The van der Waals surface area contributed by atoms with Crippen molar-refractivity contribution in [2.24, 2.45) is 11.1 Å². The summed E-state index contributed by atoms with van der Waals surface area (Å²) < 4.78 is 4.81. The van der Waals surface area contributed by atoms with Gasteiger partial charge in [-0.15, -0.1) is 0 Å². The third-order valence-electron chi connectivity index (χ3n) is 2.32. The summed E-state index contributed by atoms with van der Waals surface area (Å²) in [5.41, 5.74) is 5.25. The molecular weight excluding hydrogens is 156 g/mol. The van der Waals surface area contributed by atoms with Crippen LogP contribution in [-0.2, 0) is 9.53 Å². The highest BCUT2D eigenvalue weighted by molar-refractivity contribution is 5.85. The molecule has 1 saturated carbocycles. The molecule has 0 aliphatic heterocycles. The summed E-state index contributed by atoms with van der Waals surface area (Å²) >= 11 is 0. The maximum absolute atomic E-state index is 11.4. The fraction of sp³-hybridized carbons (Fsp3) is 0.875. The zero-order valence-corrected chi connectivity index (χ0v) is 7.43. The van der Waals surface area contributed by atoms with Crippen molar-refractivity contribution in [2.75, 3.05) is 26.8 Å². The highest BCUT2D eigenvalue weighted by Gasteiger charge is 2.48. The van der Waals surface area contributed by atoms with Gasteiger partial charge in [0.1, 0.15) is 0 Å². The van der Waals surface area contributed by atoms with E-state index in [1.165, 1.54) is 0 Å². The number of amides is 1. The molecule has 0 aromatic rings. The molecule has 0 atom stereocenters.